The normalized spacial score (nSPS) is 14.2. The van der Waals surface area contributed by atoms with Crippen molar-refractivity contribution in [3.8, 4) is 11.5 Å². The third-order valence-corrected chi connectivity index (χ3v) is 8.10. The molecule has 1 aliphatic rings. The van der Waals surface area contributed by atoms with E-state index in [9.17, 15) is 13.2 Å². The highest BCUT2D eigenvalue weighted by Gasteiger charge is 2.29. The number of hydrogen-bond acceptors (Lipinski definition) is 6. The molecule has 1 heterocycles. The quantitative estimate of drug-likeness (QED) is 0.612. The van der Waals surface area contributed by atoms with Crippen molar-refractivity contribution >= 4 is 27.3 Å². The van der Waals surface area contributed by atoms with Gasteiger partial charge in [-0.3, -0.25) is 9.10 Å². The maximum atomic E-state index is 13.6. The fourth-order valence-electron chi connectivity index (χ4n) is 4.04. The lowest BCUT2D eigenvalue weighted by atomic mass is 10.1. The smallest absolute Gasteiger partial charge is 0.256 e. The first-order valence-corrected chi connectivity index (χ1v) is 12.6. The Labute approximate surface area is 196 Å². The minimum absolute atomic E-state index is 0.0833. The molecule has 0 atom stereocenters. The molecule has 1 fully saturated rings. The Balaban J connectivity index is 1.91. The summed E-state index contributed by atoms with van der Waals surface area (Å²) < 4.78 is 37.1. The monoisotopic (exact) mass is 475 g/mol. The first-order valence-electron chi connectivity index (χ1n) is 11.0. The summed E-state index contributed by atoms with van der Waals surface area (Å²) in [7, 11) is 0.839. The third-order valence-electron chi connectivity index (χ3n) is 6.34. The number of nitrogens with zero attached hydrogens (tertiary/aromatic N) is 3. The second-order valence-corrected chi connectivity index (χ2v) is 10.4. The van der Waals surface area contributed by atoms with Gasteiger partial charge in [-0.25, -0.2) is 8.42 Å². The van der Waals surface area contributed by atoms with E-state index in [4.69, 9.17) is 9.47 Å². The first kappa shape index (κ1) is 24.7. The van der Waals surface area contributed by atoms with E-state index in [2.05, 4.69) is 36.9 Å². The van der Waals surface area contributed by atoms with Crippen molar-refractivity contribution in [2.75, 3.05) is 62.4 Å². The van der Waals surface area contributed by atoms with E-state index in [1.165, 1.54) is 38.1 Å². The first-order chi connectivity index (χ1) is 15.6. The van der Waals surface area contributed by atoms with E-state index in [0.29, 0.717) is 37.7 Å². The molecular formula is C24H33N3O5S. The second kappa shape index (κ2) is 9.91. The number of piperazine rings is 1. The Bertz CT molecular complexity index is 1130. The summed E-state index contributed by atoms with van der Waals surface area (Å²) in [6, 6.07) is 9.37. The molecule has 0 aliphatic carbocycles. The topological polar surface area (TPSA) is 79.4 Å². The van der Waals surface area contributed by atoms with Gasteiger partial charge in [-0.15, -0.1) is 0 Å². The van der Waals surface area contributed by atoms with Crippen molar-refractivity contribution in [2.45, 2.75) is 20.8 Å². The van der Waals surface area contributed by atoms with E-state index in [1.807, 2.05) is 0 Å². The van der Waals surface area contributed by atoms with Crippen LogP contribution >= 0.6 is 0 Å². The molecule has 0 bridgehead atoms. The predicted molar refractivity (Wildman–Crippen MR) is 131 cm³/mol. The lowest BCUT2D eigenvalue weighted by molar-refractivity contribution is 0.0747. The lowest BCUT2D eigenvalue weighted by Gasteiger charge is -2.37. The van der Waals surface area contributed by atoms with Crippen LogP contribution in [0.4, 0.5) is 11.4 Å². The zero-order chi connectivity index (χ0) is 24.3. The van der Waals surface area contributed by atoms with Crippen LogP contribution in [-0.2, 0) is 10.0 Å². The van der Waals surface area contributed by atoms with Crippen molar-refractivity contribution in [1.29, 1.82) is 0 Å². The van der Waals surface area contributed by atoms with E-state index in [-0.39, 0.29) is 22.9 Å². The highest BCUT2D eigenvalue weighted by atomic mass is 32.2. The van der Waals surface area contributed by atoms with Crippen LogP contribution in [0.15, 0.2) is 30.3 Å². The maximum absolute atomic E-state index is 13.6. The molecule has 3 rings (SSSR count). The Morgan fingerprint density at radius 3 is 2.21 bits per heavy atom. The Morgan fingerprint density at radius 2 is 1.64 bits per heavy atom. The fraction of sp³-hybridized carbons (Fsp3) is 0.458. The summed E-state index contributed by atoms with van der Waals surface area (Å²) in [5.41, 5.74) is 4.21. The van der Waals surface area contributed by atoms with Gasteiger partial charge >= 0.3 is 0 Å². The van der Waals surface area contributed by atoms with Crippen molar-refractivity contribution in [3.05, 3.63) is 47.0 Å². The van der Waals surface area contributed by atoms with Crippen LogP contribution < -0.4 is 18.7 Å². The standard InChI is InChI=1S/C24H33N3O5S/c1-7-33(29,30)25(4)21-16-23(32-6)22(31-5)15-19(21)24(28)27-13-11-26(12-14-27)20-10-8-9-17(2)18(20)3/h8-10,15-16H,7,11-14H2,1-6H3. The van der Waals surface area contributed by atoms with E-state index < -0.39 is 10.0 Å². The van der Waals surface area contributed by atoms with Gasteiger partial charge in [0.2, 0.25) is 10.0 Å². The summed E-state index contributed by atoms with van der Waals surface area (Å²) in [5.74, 6) is 0.424. The number of anilines is 2. The van der Waals surface area contributed by atoms with Crippen LogP contribution in [0.1, 0.15) is 28.4 Å². The molecule has 0 N–H and O–H groups in total. The van der Waals surface area contributed by atoms with Gasteiger partial charge in [0.1, 0.15) is 0 Å². The molecule has 0 radical (unpaired) electrons. The van der Waals surface area contributed by atoms with Gasteiger partial charge in [0.15, 0.2) is 11.5 Å². The van der Waals surface area contributed by atoms with Gasteiger partial charge in [-0.05, 0) is 44.0 Å². The Kier molecular flexibility index (Phi) is 7.41. The molecule has 2 aromatic rings. The number of carbonyl (C=O) groups is 1. The van der Waals surface area contributed by atoms with Crippen LogP contribution in [0.5, 0.6) is 11.5 Å². The number of ether oxygens (including phenoxy) is 2. The molecule has 0 aromatic heterocycles. The van der Waals surface area contributed by atoms with Gasteiger partial charge in [0, 0.05) is 45.0 Å². The van der Waals surface area contributed by atoms with Gasteiger partial charge in [0.05, 0.1) is 31.2 Å². The largest absolute Gasteiger partial charge is 0.493 e. The van der Waals surface area contributed by atoms with Crippen molar-refractivity contribution in [2.24, 2.45) is 0 Å². The minimum atomic E-state index is -3.58. The highest BCUT2D eigenvalue weighted by molar-refractivity contribution is 7.92. The third kappa shape index (κ3) is 4.88. The van der Waals surface area contributed by atoms with E-state index in [1.54, 1.807) is 24.0 Å². The maximum Gasteiger partial charge on any atom is 0.256 e. The van der Waals surface area contributed by atoms with Crippen molar-refractivity contribution < 1.29 is 22.7 Å². The van der Waals surface area contributed by atoms with Gasteiger partial charge in [0.25, 0.3) is 5.91 Å². The SMILES string of the molecule is CCS(=O)(=O)N(C)c1cc(OC)c(OC)cc1C(=O)N1CCN(c2cccc(C)c2C)CC1. The zero-order valence-electron chi connectivity index (χ0n) is 20.2. The summed E-state index contributed by atoms with van der Waals surface area (Å²) in [6.07, 6.45) is 0. The molecule has 33 heavy (non-hydrogen) atoms. The predicted octanol–water partition coefficient (Wildman–Crippen LogP) is 3.07. The number of amides is 1. The molecule has 0 unspecified atom stereocenters. The van der Waals surface area contributed by atoms with Gasteiger partial charge < -0.3 is 19.3 Å². The molecule has 0 spiro atoms. The molecule has 2 aromatic carbocycles. The molecule has 9 heteroatoms. The fourth-order valence-corrected chi connectivity index (χ4v) is 4.88. The summed E-state index contributed by atoms with van der Waals surface area (Å²) in [5, 5.41) is 0. The Hall–Kier alpha value is -2.94. The minimum Gasteiger partial charge on any atom is -0.493 e. The van der Waals surface area contributed by atoms with Crippen molar-refractivity contribution in [3.63, 3.8) is 0 Å². The molecule has 8 nitrogen and oxygen atoms in total. The number of methoxy groups -OCH3 is 2. The van der Waals surface area contributed by atoms with Gasteiger partial charge in [-0.1, -0.05) is 12.1 Å². The number of carbonyl (C=O) groups excluding carboxylic acids is 1. The molecule has 1 amide bonds. The van der Waals surface area contributed by atoms with E-state index >= 15 is 0 Å². The number of hydrogen-bond donors (Lipinski definition) is 0. The molecule has 180 valence electrons. The Morgan fingerprint density at radius 1 is 1.03 bits per heavy atom. The van der Waals surface area contributed by atoms with Gasteiger partial charge in [-0.2, -0.15) is 0 Å². The number of benzene rings is 2. The lowest BCUT2D eigenvalue weighted by Crippen LogP contribution is -2.49. The average Bonchev–Trinajstić information content (AvgIpc) is 2.84. The van der Waals surface area contributed by atoms with Crippen LogP contribution in [0.2, 0.25) is 0 Å². The average molecular weight is 476 g/mol. The summed E-state index contributed by atoms with van der Waals surface area (Å²) in [4.78, 5) is 17.6. The van der Waals surface area contributed by atoms with E-state index in [0.717, 1.165) is 4.31 Å². The van der Waals surface area contributed by atoms with Crippen LogP contribution in [0.25, 0.3) is 0 Å². The van der Waals surface area contributed by atoms with Crippen molar-refractivity contribution in [1.82, 2.24) is 4.90 Å². The highest BCUT2D eigenvalue weighted by Crippen LogP contribution is 2.36. The summed E-state index contributed by atoms with van der Waals surface area (Å²) >= 11 is 0. The number of rotatable bonds is 7. The molecular weight excluding hydrogens is 442 g/mol. The zero-order valence-corrected chi connectivity index (χ0v) is 21.0. The van der Waals surface area contributed by atoms with Crippen LogP contribution in [-0.4, -0.2) is 72.4 Å². The van der Waals surface area contributed by atoms with Crippen LogP contribution in [0.3, 0.4) is 0 Å². The molecule has 1 saturated heterocycles. The number of aryl methyl sites for hydroxylation is 1. The number of sulfonamides is 1. The second-order valence-electron chi connectivity index (χ2n) is 8.09. The molecule has 1 aliphatic heterocycles. The molecule has 0 saturated carbocycles. The summed E-state index contributed by atoms with van der Waals surface area (Å²) in [6.45, 7) is 8.23. The van der Waals surface area contributed by atoms with Crippen LogP contribution in [0, 0.1) is 13.8 Å².